The van der Waals surface area contributed by atoms with Gasteiger partial charge in [0.25, 0.3) is 11.1 Å². The van der Waals surface area contributed by atoms with Crippen molar-refractivity contribution < 1.29 is 0 Å². The second-order valence-corrected chi connectivity index (χ2v) is 8.53. The molecule has 0 aromatic carbocycles. The lowest BCUT2D eigenvalue weighted by Crippen LogP contribution is -2.47. The molecule has 10 heteroatoms. The molecular weight excluding hydrogens is 396 g/mol. The van der Waals surface area contributed by atoms with Crippen LogP contribution in [0.4, 0.5) is 0 Å². The van der Waals surface area contributed by atoms with E-state index in [-0.39, 0.29) is 11.1 Å². The van der Waals surface area contributed by atoms with Crippen molar-refractivity contribution in [1.82, 2.24) is 38.7 Å². The van der Waals surface area contributed by atoms with E-state index >= 15 is 0 Å². The largest absolute Gasteiger partial charge is 0.314 e. The number of hydrogen-bond donors (Lipinski definition) is 0. The molecule has 164 valence electrons. The van der Waals surface area contributed by atoms with E-state index in [2.05, 4.69) is 25.1 Å². The Morgan fingerprint density at radius 2 is 1.71 bits per heavy atom. The van der Waals surface area contributed by atoms with E-state index in [0.29, 0.717) is 18.7 Å². The van der Waals surface area contributed by atoms with Crippen LogP contribution in [0.25, 0.3) is 5.65 Å². The summed E-state index contributed by atoms with van der Waals surface area (Å²) in [5.41, 5.74) is 2.48. The zero-order valence-electron chi connectivity index (χ0n) is 17.9. The van der Waals surface area contributed by atoms with Crippen LogP contribution in [0.5, 0.6) is 0 Å². The predicted molar refractivity (Wildman–Crippen MR) is 115 cm³/mol. The van der Waals surface area contributed by atoms with Gasteiger partial charge in [-0.1, -0.05) is 0 Å². The number of hydrogen-bond acceptors (Lipinski definition) is 7. The molecule has 0 unspecified atom stereocenters. The fourth-order valence-corrected chi connectivity index (χ4v) is 4.49. The first kappa shape index (κ1) is 20.1. The van der Waals surface area contributed by atoms with Gasteiger partial charge in [0, 0.05) is 58.2 Å². The summed E-state index contributed by atoms with van der Waals surface area (Å²) in [6.45, 7) is 5.79. The van der Waals surface area contributed by atoms with Gasteiger partial charge in [-0.2, -0.15) is 5.10 Å². The molecule has 1 aliphatic heterocycles. The van der Waals surface area contributed by atoms with E-state index in [1.165, 1.54) is 4.57 Å². The number of fused-ring (bicyclic) bond motifs is 2. The van der Waals surface area contributed by atoms with Gasteiger partial charge in [-0.15, -0.1) is 10.2 Å². The van der Waals surface area contributed by atoms with Gasteiger partial charge < -0.3 is 4.57 Å². The molecule has 0 N–H and O–H groups in total. The first-order chi connectivity index (χ1) is 15.1. The fourth-order valence-electron chi connectivity index (χ4n) is 4.49. The maximum atomic E-state index is 12.4. The van der Waals surface area contributed by atoms with Gasteiger partial charge >= 0.3 is 0 Å². The van der Waals surface area contributed by atoms with Crippen LogP contribution in [0.3, 0.4) is 0 Å². The standard InChI is InChI=1S/C21H28N8O2/c1-25-6-12-28-18(22-23-20(28)21(25)31)15-27-9-7-26(8-10-27)11-13-29-19(30)14-16-4-2-3-5-17(16)24-29/h6,12,14H,2-5,7-11,13,15H2,1H3. The molecule has 0 amide bonds. The average molecular weight is 425 g/mol. The van der Waals surface area contributed by atoms with E-state index < -0.39 is 0 Å². The molecule has 5 rings (SSSR count). The number of aromatic nitrogens is 6. The molecule has 0 saturated carbocycles. The van der Waals surface area contributed by atoms with E-state index in [1.54, 1.807) is 28.4 Å². The molecule has 0 atom stereocenters. The Morgan fingerprint density at radius 3 is 2.55 bits per heavy atom. The van der Waals surface area contributed by atoms with Gasteiger partial charge in [0.1, 0.15) is 0 Å². The van der Waals surface area contributed by atoms with E-state index in [9.17, 15) is 9.59 Å². The van der Waals surface area contributed by atoms with Gasteiger partial charge in [-0.3, -0.25) is 23.8 Å². The normalized spacial score (nSPS) is 17.8. The highest BCUT2D eigenvalue weighted by Crippen LogP contribution is 2.17. The Hall–Kier alpha value is -2.85. The summed E-state index contributed by atoms with van der Waals surface area (Å²) in [7, 11) is 1.71. The second-order valence-electron chi connectivity index (χ2n) is 8.53. The summed E-state index contributed by atoms with van der Waals surface area (Å²) in [6.07, 6.45) is 7.86. The van der Waals surface area contributed by atoms with Crippen molar-refractivity contribution in [3.63, 3.8) is 0 Å². The van der Waals surface area contributed by atoms with Crippen molar-refractivity contribution in [1.29, 1.82) is 0 Å². The molecule has 0 bridgehead atoms. The maximum Gasteiger partial charge on any atom is 0.295 e. The Bertz CT molecular complexity index is 1200. The van der Waals surface area contributed by atoms with Gasteiger partial charge in [0.2, 0.25) is 5.65 Å². The first-order valence-electron chi connectivity index (χ1n) is 11.0. The van der Waals surface area contributed by atoms with Crippen LogP contribution < -0.4 is 11.1 Å². The highest BCUT2D eigenvalue weighted by Gasteiger charge is 2.20. The number of piperazine rings is 1. The Kier molecular flexibility index (Phi) is 5.41. The number of rotatable bonds is 5. The summed E-state index contributed by atoms with van der Waals surface area (Å²) in [6, 6.07) is 1.79. The average Bonchev–Trinajstić information content (AvgIpc) is 3.19. The Morgan fingerprint density at radius 1 is 0.935 bits per heavy atom. The van der Waals surface area contributed by atoms with Gasteiger partial charge in [0.05, 0.1) is 18.8 Å². The summed E-state index contributed by atoms with van der Waals surface area (Å²) in [5.74, 6) is 0.783. The molecule has 3 aromatic rings. The molecule has 10 nitrogen and oxygen atoms in total. The molecule has 0 radical (unpaired) electrons. The van der Waals surface area contributed by atoms with Crippen molar-refractivity contribution in [3.8, 4) is 0 Å². The highest BCUT2D eigenvalue weighted by atomic mass is 16.1. The molecule has 3 aromatic heterocycles. The zero-order chi connectivity index (χ0) is 21.4. The van der Waals surface area contributed by atoms with Crippen LogP contribution in [0.1, 0.15) is 29.9 Å². The minimum atomic E-state index is -0.142. The molecule has 1 aliphatic carbocycles. The quantitative estimate of drug-likeness (QED) is 0.554. The van der Waals surface area contributed by atoms with Crippen LogP contribution in [0.15, 0.2) is 28.0 Å². The van der Waals surface area contributed by atoms with Gasteiger partial charge in [-0.05, 0) is 31.2 Å². The second kappa shape index (κ2) is 8.35. The summed E-state index contributed by atoms with van der Waals surface area (Å²) >= 11 is 0. The Balaban J connectivity index is 1.17. The van der Waals surface area contributed by atoms with Crippen LogP contribution in [0.2, 0.25) is 0 Å². The van der Waals surface area contributed by atoms with Crippen LogP contribution in [-0.4, -0.2) is 71.5 Å². The van der Waals surface area contributed by atoms with Crippen molar-refractivity contribution in [2.75, 3.05) is 32.7 Å². The third-order valence-electron chi connectivity index (χ3n) is 6.45. The van der Waals surface area contributed by atoms with Crippen molar-refractivity contribution in [3.05, 3.63) is 56.2 Å². The third-order valence-corrected chi connectivity index (χ3v) is 6.45. The van der Waals surface area contributed by atoms with Crippen LogP contribution in [-0.2, 0) is 33.0 Å². The summed E-state index contributed by atoms with van der Waals surface area (Å²) < 4.78 is 4.93. The molecular formula is C21H28N8O2. The van der Waals surface area contributed by atoms with Crippen molar-refractivity contribution >= 4 is 5.65 Å². The molecule has 0 spiro atoms. The number of nitrogens with zero attached hydrogens (tertiary/aromatic N) is 8. The van der Waals surface area contributed by atoms with E-state index in [4.69, 9.17) is 0 Å². The highest BCUT2D eigenvalue weighted by molar-refractivity contribution is 5.34. The van der Waals surface area contributed by atoms with Crippen molar-refractivity contribution in [2.24, 2.45) is 7.05 Å². The monoisotopic (exact) mass is 424 g/mol. The lowest BCUT2D eigenvalue weighted by Gasteiger charge is -2.34. The zero-order valence-corrected chi connectivity index (χ0v) is 17.9. The van der Waals surface area contributed by atoms with Crippen LogP contribution in [0, 0.1) is 0 Å². The Labute approximate surface area is 179 Å². The lowest BCUT2D eigenvalue weighted by atomic mass is 9.97. The topological polar surface area (TPSA) is 93.6 Å². The molecule has 31 heavy (non-hydrogen) atoms. The van der Waals surface area contributed by atoms with Gasteiger partial charge in [-0.25, -0.2) is 4.68 Å². The summed E-state index contributed by atoms with van der Waals surface area (Å²) in [5, 5.41) is 12.9. The SMILES string of the molecule is Cn1ccn2c(CN3CCN(CCn4nc5c(cc4=O)CCCC5)CC3)nnc2c1=O. The molecule has 2 aliphatic rings. The molecule has 4 heterocycles. The smallest absolute Gasteiger partial charge is 0.295 e. The fraction of sp³-hybridized carbons (Fsp3) is 0.571. The van der Waals surface area contributed by atoms with Crippen molar-refractivity contribution in [2.45, 2.75) is 38.8 Å². The van der Waals surface area contributed by atoms with E-state index in [1.807, 2.05) is 6.20 Å². The maximum absolute atomic E-state index is 12.4. The third kappa shape index (κ3) is 4.05. The lowest BCUT2D eigenvalue weighted by molar-refractivity contribution is 0.120. The first-order valence-corrected chi connectivity index (χ1v) is 11.0. The van der Waals surface area contributed by atoms with Crippen LogP contribution >= 0.6 is 0 Å². The number of aryl methyl sites for hydroxylation is 3. The van der Waals surface area contributed by atoms with Gasteiger partial charge in [0.15, 0.2) is 5.82 Å². The molecule has 1 saturated heterocycles. The minimum absolute atomic E-state index is 0.0177. The minimum Gasteiger partial charge on any atom is -0.314 e. The van der Waals surface area contributed by atoms with E-state index in [0.717, 1.165) is 75.5 Å². The summed E-state index contributed by atoms with van der Waals surface area (Å²) in [4.78, 5) is 29.2. The molecule has 1 fully saturated rings. The predicted octanol–water partition coefficient (Wildman–Crippen LogP) is -0.319.